The fraction of sp³-hybridized carbons (Fsp3) is 0.667. The first kappa shape index (κ1) is 13.2. The Kier molecular flexibility index (Phi) is 4.45. The highest BCUT2D eigenvalue weighted by Gasteiger charge is 2.27. The molecule has 1 aliphatic carbocycles. The number of nitrogens with one attached hydrogen (secondary N) is 2. The van der Waals surface area contributed by atoms with Gasteiger partial charge in [0.2, 0.25) is 0 Å². The summed E-state index contributed by atoms with van der Waals surface area (Å²) in [6, 6.07) is 4.77. The van der Waals surface area contributed by atoms with E-state index < -0.39 is 0 Å². The maximum absolute atomic E-state index is 4.25. The number of anilines is 2. The van der Waals surface area contributed by atoms with Crippen molar-refractivity contribution in [1.82, 2.24) is 4.98 Å². The summed E-state index contributed by atoms with van der Waals surface area (Å²) in [5, 5.41) is 6.79. The van der Waals surface area contributed by atoms with Gasteiger partial charge in [-0.3, -0.25) is 0 Å². The molecule has 1 aromatic heterocycles. The topological polar surface area (TPSA) is 37.0 Å². The van der Waals surface area contributed by atoms with E-state index in [-0.39, 0.29) is 0 Å². The zero-order chi connectivity index (χ0) is 13.0. The smallest absolute Gasteiger partial charge is 0.127 e. The molecule has 0 radical (unpaired) electrons. The minimum Gasteiger partial charge on any atom is -0.382 e. The van der Waals surface area contributed by atoms with E-state index in [1.807, 2.05) is 13.2 Å². The Morgan fingerprint density at radius 2 is 2.06 bits per heavy atom. The highest BCUT2D eigenvalue weighted by Crippen LogP contribution is 2.32. The molecule has 3 nitrogen and oxygen atoms in total. The molecular formula is C15H25N3. The van der Waals surface area contributed by atoms with Gasteiger partial charge in [0.1, 0.15) is 5.82 Å². The van der Waals surface area contributed by atoms with Gasteiger partial charge in [0.25, 0.3) is 0 Å². The van der Waals surface area contributed by atoms with E-state index in [4.69, 9.17) is 0 Å². The van der Waals surface area contributed by atoms with Crippen LogP contribution in [0.2, 0.25) is 0 Å². The van der Waals surface area contributed by atoms with Gasteiger partial charge in [0.15, 0.2) is 0 Å². The highest BCUT2D eigenvalue weighted by molar-refractivity contribution is 5.52. The number of hydrogen-bond donors (Lipinski definition) is 2. The average Bonchev–Trinajstić information content (AvgIpc) is 2.39. The second-order valence-corrected chi connectivity index (χ2v) is 5.62. The number of nitrogens with zero attached hydrogens (tertiary/aromatic N) is 1. The Morgan fingerprint density at radius 3 is 2.78 bits per heavy atom. The summed E-state index contributed by atoms with van der Waals surface area (Å²) in [7, 11) is 1.91. The van der Waals surface area contributed by atoms with E-state index in [2.05, 4.69) is 41.6 Å². The fourth-order valence-corrected chi connectivity index (χ4v) is 3.01. The minimum atomic E-state index is 0.617. The molecule has 1 aliphatic rings. The van der Waals surface area contributed by atoms with E-state index in [1.165, 1.54) is 31.4 Å². The molecule has 1 aromatic rings. The van der Waals surface area contributed by atoms with Gasteiger partial charge in [-0.25, -0.2) is 4.98 Å². The third-order valence-corrected chi connectivity index (χ3v) is 4.04. The molecule has 0 amide bonds. The van der Waals surface area contributed by atoms with Gasteiger partial charge < -0.3 is 10.6 Å². The number of aromatic nitrogens is 1. The summed E-state index contributed by atoms with van der Waals surface area (Å²) in [6.07, 6.45) is 7.25. The van der Waals surface area contributed by atoms with E-state index in [9.17, 15) is 0 Å². The number of hydrogen-bond acceptors (Lipinski definition) is 3. The van der Waals surface area contributed by atoms with E-state index in [1.54, 1.807) is 0 Å². The van der Waals surface area contributed by atoms with Crippen molar-refractivity contribution >= 4 is 11.5 Å². The van der Waals surface area contributed by atoms with Crippen LogP contribution in [0.5, 0.6) is 0 Å². The molecular weight excluding hydrogens is 222 g/mol. The molecule has 18 heavy (non-hydrogen) atoms. The zero-order valence-corrected chi connectivity index (χ0v) is 11.7. The van der Waals surface area contributed by atoms with Crippen LogP contribution in [-0.4, -0.2) is 18.1 Å². The van der Waals surface area contributed by atoms with Crippen LogP contribution in [0, 0.1) is 11.8 Å². The van der Waals surface area contributed by atoms with Crippen molar-refractivity contribution < 1.29 is 0 Å². The van der Waals surface area contributed by atoms with Gasteiger partial charge >= 0.3 is 0 Å². The zero-order valence-electron chi connectivity index (χ0n) is 11.7. The molecule has 1 fully saturated rings. The summed E-state index contributed by atoms with van der Waals surface area (Å²) >= 11 is 0. The van der Waals surface area contributed by atoms with Crippen molar-refractivity contribution in [1.29, 1.82) is 0 Å². The third-order valence-electron chi connectivity index (χ3n) is 4.04. The lowest BCUT2D eigenvalue weighted by Gasteiger charge is -2.35. The Bertz CT molecular complexity index is 376. The Morgan fingerprint density at radius 1 is 1.28 bits per heavy atom. The molecule has 0 saturated heterocycles. The van der Waals surface area contributed by atoms with Crippen LogP contribution in [0.15, 0.2) is 18.3 Å². The maximum atomic E-state index is 4.25. The minimum absolute atomic E-state index is 0.617. The monoisotopic (exact) mass is 247 g/mol. The molecule has 0 aromatic carbocycles. The van der Waals surface area contributed by atoms with Crippen molar-refractivity contribution in [3.63, 3.8) is 0 Å². The number of rotatable bonds is 4. The second kappa shape index (κ2) is 6.07. The molecule has 0 bridgehead atoms. The van der Waals surface area contributed by atoms with Gasteiger partial charge in [-0.15, -0.1) is 0 Å². The van der Waals surface area contributed by atoms with E-state index in [0.717, 1.165) is 17.7 Å². The molecule has 0 aliphatic heterocycles. The predicted molar refractivity (Wildman–Crippen MR) is 78.0 cm³/mol. The van der Waals surface area contributed by atoms with E-state index in [0.29, 0.717) is 6.04 Å². The summed E-state index contributed by atoms with van der Waals surface area (Å²) in [4.78, 5) is 4.25. The van der Waals surface area contributed by atoms with Crippen LogP contribution in [-0.2, 0) is 0 Å². The van der Waals surface area contributed by atoms with Crippen LogP contribution < -0.4 is 10.6 Å². The van der Waals surface area contributed by atoms with Crippen LogP contribution in [0.25, 0.3) is 0 Å². The Labute approximate surface area is 110 Å². The summed E-state index contributed by atoms with van der Waals surface area (Å²) in [5.74, 6) is 2.48. The Hall–Kier alpha value is -1.25. The lowest BCUT2D eigenvalue weighted by Crippen LogP contribution is -2.35. The molecule has 1 heterocycles. The van der Waals surface area contributed by atoms with Crippen molar-refractivity contribution in [2.45, 2.75) is 45.6 Å². The van der Waals surface area contributed by atoms with Gasteiger partial charge in [-0.2, -0.15) is 0 Å². The van der Waals surface area contributed by atoms with Crippen molar-refractivity contribution in [2.75, 3.05) is 17.7 Å². The van der Waals surface area contributed by atoms with Crippen molar-refractivity contribution in [3.05, 3.63) is 18.3 Å². The van der Waals surface area contributed by atoms with Gasteiger partial charge in [-0.05, 0) is 30.7 Å². The van der Waals surface area contributed by atoms with Crippen LogP contribution in [0.3, 0.4) is 0 Å². The molecule has 2 atom stereocenters. The normalized spacial score (nSPS) is 24.0. The lowest BCUT2D eigenvalue weighted by molar-refractivity contribution is 0.254. The first-order valence-electron chi connectivity index (χ1n) is 7.11. The van der Waals surface area contributed by atoms with Crippen molar-refractivity contribution in [3.8, 4) is 0 Å². The van der Waals surface area contributed by atoms with Crippen LogP contribution in [0.1, 0.15) is 39.5 Å². The van der Waals surface area contributed by atoms with Crippen molar-refractivity contribution in [2.24, 2.45) is 11.8 Å². The van der Waals surface area contributed by atoms with Gasteiger partial charge in [0.05, 0.1) is 0 Å². The molecule has 3 heteroatoms. The van der Waals surface area contributed by atoms with Crippen LogP contribution in [0.4, 0.5) is 11.5 Å². The summed E-state index contributed by atoms with van der Waals surface area (Å²) < 4.78 is 0. The SMILES string of the molecule is CNc1cc(NC2CCCCC2C(C)C)ccn1. The maximum Gasteiger partial charge on any atom is 0.127 e. The van der Waals surface area contributed by atoms with Crippen LogP contribution >= 0.6 is 0 Å². The first-order chi connectivity index (χ1) is 8.70. The predicted octanol–water partition coefficient (Wildman–Crippen LogP) is 3.75. The lowest BCUT2D eigenvalue weighted by atomic mass is 9.78. The fourth-order valence-electron chi connectivity index (χ4n) is 3.01. The van der Waals surface area contributed by atoms with E-state index >= 15 is 0 Å². The molecule has 2 N–H and O–H groups in total. The quantitative estimate of drug-likeness (QED) is 0.851. The number of pyridine rings is 1. The third kappa shape index (κ3) is 3.15. The Balaban J connectivity index is 2.05. The molecule has 2 unspecified atom stereocenters. The second-order valence-electron chi connectivity index (χ2n) is 5.62. The van der Waals surface area contributed by atoms with Gasteiger partial charge in [0, 0.05) is 31.0 Å². The molecule has 100 valence electrons. The molecule has 0 spiro atoms. The molecule has 1 saturated carbocycles. The first-order valence-corrected chi connectivity index (χ1v) is 7.11. The van der Waals surface area contributed by atoms with Gasteiger partial charge in [-0.1, -0.05) is 26.7 Å². The molecule has 2 rings (SSSR count). The summed E-state index contributed by atoms with van der Waals surface area (Å²) in [6.45, 7) is 4.69. The largest absolute Gasteiger partial charge is 0.382 e. The average molecular weight is 247 g/mol. The standard InChI is InChI=1S/C15H25N3/c1-11(2)13-6-4-5-7-14(13)18-12-8-9-17-15(10-12)16-3/h8-11,13-14H,4-7H2,1-3H3,(H2,16,17,18). The summed E-state index contributed by atoms with van der Waals surface area (Å²) in [5.41, 5.74) is 1.19. The highest BCUT2D eigenvalue weighted by atomic mass is 15.0.